The Hall–Kier alpha value is -2.59. The molecule has 0 aliphatic carbocycles. The molecule has 0 fully saturated rings. The zero-order valence-electron chi connectivity index (χ0n) is 11.7. The predicted octanol–water partition coefficient (Wildman–Crippen LogP) is 4.26. The summed E-state index contributed by atoms with van der Waals surface area (Å²) in [7, 11) is 1.54. The number of methoxy groups -OCH3 is 1. The Morgan fingerprint density at radius 3 is 2.68 bits per heavy atom. The van der Waals surface area contributed by atoms with Gasteiger partial charge in [-0.05, 0) is 36.4 Å². The van der Waals surface area contributed by atoms with E-state index in [2.05, 4.69) is 4.98 Å². The standard InChI is InChI=1S/C17H12ClNO3/c1-22-12-5-6-15-13(8-12)14(17(20)21)9-16(19-15)10-3-2-4-11(18)7-10/h2-9H,1H3,(H,20,21). The highest BCUT2D eigenvalue weighted by atomic mass is 35.5. The molecule has 0 saturated heterocycles. The van der Waals surface area contributed by atoms with E-state index in [-0.39, 0.29) is 5.56 Å². The highest BCUT2D eigenvalue weighted by Crippen LogP contribution is 2.28. The quantitative estimate of drug-likeness (QED) is 0.784. The van der Waals surface area contributed by atoms with Crippen LogP contribution in [0.25, 0.3) is 22.2 Å². The van der Waals surface area contributed by atoms with E-state index in [9.17, 15) is 9.90 Å². The van der Waals surface area contributed by atoms with Crippen molar-refractivity contribution >= 4 is 28.5 Å². The molecule has 3 aromatic rings. The zero-order valence-corrected chi connectivity index (χ0v) is 12.5. The SMILES string of the molecule is COc1ccc2nc(-c3cccc(Cl)c3)cc(C(=O)O)c2c1. The molecule has 0 amide bonds. The summed E-state index contributed by atoms with van der Waals surface area (Å²) in [5.74, 6) is -0.420. The van der Waals surface area contributed by atoms with E-state index in [1.54, 1.807) is 42.5 Å². The number of aromatic nitrogens is 1. The lowest BCUT2D eigenvalue weighted by molar-refractivity contribution is 0.0699. The second-order valence-corrected chi connectivity index (χ2v) is 5.19. The van der Waals surface area contributed by atoms with Gasteiger partial charge in [-0.2, -0.15) is 0 Å². The van der Waals surface area contributed by atoms with Crippen LogP contribution >= 0.6 is 11.6 Å². The number of pyridine rings is 1. The van der Waals surface area contributed by atoms with Crippen molar-refractivity contribution in [1.82, 2.24) is 4.98 Å². The van der Waals surface area contributed by atoms with Gasteiger partial charge in [0, 0.05) is 16.0 Å². The number of rotatable bonds is 3. The van der Waals surface area contributed by atoms with Crippen molar-refractivity contribution in [2.45, 2.75) is 0 Å². The summed E-state index contributed by atoms with van der Waals surface area (Å²) >= 11 is 5.99. The average Bonchev–Trinajstić information content (AvgIpc) is 2.53. The topological polar surface area (TPSA) is 59.4 Å². The largest absolute Gasteiger partial charge is 0.497 e. The second kappa shape index (κ2) is 5.66. The van der Waals surface area contributed by atoms with Crippen LogP contribution in [0.15, 0.2) is 48.5 Å². The maximum Gasteiger partial charge on any atom is 0.336 e. The number of hydrogen-bond acceptors (Lipinski definition) is 3. The number of halogens is 1. The molecule has 1 N–H and O–H groups in total. The Kier molecular flexibility index (Phi) is 3.69. The van der Waals surface area contributed by atoms with Crippen molar-refractivity contribution in [3.8, 4) is 17.0 Å². The first-order valence-electron chi connectivity index (χ1n) is 6.56. The monoisotopic (exact) mass is 313 g/mol. The molecule has 3 rings (SSSR count). The molecular weight excluding hydrogens is 302 g/mol. The Bertz CT molecular complexity index is 877. The van der Waals surface area contributed by atoms with Crippen molar-refractivity contribution in [3.05, 3.63) is 59.1 Å². The highest BCUT2D eigenvalue weighted by molar-refractivity contribution is 6.30. The van der Waals surface area contributed by atoms with Crippen LogP contribution in [0.1, 0.15) is 10.4 Å². The smallest absolute Gasteiger partial charge is 0.336 e. The van der Waals surface area contributed by atoms with Gasteiger partial charge in [-0.3, -0.25) is 0 Å². The van der Waals surface area contributed by atoms with Crippen LogP contribution in [-0.4, -0.2) is 23.2 Å². The first-order chi connectivity index (χ1) is 10.6. The summed E-state index contributed by atoms with van der Waals surface area (Å²) in [5.41, 5.74) is 2.11. The van der Waals surface area contributed by atoms with Gasteiger partial charge in [0.05, 0.1) is 23.9 Å². The third kappa shape index (κ3) is 2.61. The van der Waals surface area contributed by atoms with Gasteiger partial charge in [0.2, 0.25) is 0 Å². The molecule has 0 aliphatic heterocycles. The maximum atomic E-state index is 11.6. The van der Waals surface area contributed by atoms with E-state index in [4.69, 9.17) is 16.3 Å². The zero-order chi connectivity index (χ0) is 15.7. The molecule has 110 valence electrons. The van der Waals surface area contributed by atoms with Crippen LogP contribution < -0.4 is 4.74 Å². The third-order valence-electron chi connectivity index (χ3n) is 3.37. The van der Waals surface area contributed by atoms with Crippen molar-refractivity contribution in [1.29, 1.82) is 0 Å². The first-order valence-corrected chi connectivity index (χ1v) is 6.94. The predicted molar refractivity (Wildman–Crippen MR) is 85.7 cm³/mol. The van der Waals surface area contributed by atoms with Crippen LogP contribution in [0.2, 0.25) is 5.02 Å². The molecule has 0 bridgehead atoms. The fourth-order valence-corrected chi connectivity index (χ4v) is 2.49. The van der Waals surface area contributed by atoms with Crippen LogP contribution in [-0.2, 0) is 0 Å². The van der Waals surface area contributed by atoms with Crippen molar-refractivity contribution in [2.75, 3.05) is 7.11 Å². The molecule has 5 heteroatoms. The van der Waals surface area contributed by atoms with Gasteiger partial charge < -0.3 is 9.84 Å². The Morgan fingerprint density at radius 1 is 1.18 bits per heavy atom. The molecule has 0 aliphatic rings. The Labute approximate surface area is 131 Å². The van der Waals surface area contributed by atoms with Crippen LogP contribution in [0.5, 0.6) is 5.75 Å². The lowest BCUT2D eigenvalue weighted by Gasteiger charge is -2.09. The second-order valence-electron chi connectivity index (χ2n) is 4.75. The molecule has 1 aromatic heterocycles. The number of hydrogen-bond donors (Lipinski definition) is 1. The lowest BCUT2D eigenvalue weighted by Crippen LogP contribution is -2.00. The average molecular weight is 314 g/mol. The number of carboxylic acid groups (broad SMARTS) is 1. The van der Waals surface area contributed by atoms with Crippen LogP contribution in [0.4, 0.5) is 0 Å². The number of nitrogens with zero attached hydrogens (tertiary/aromatic N) is 1. The van der Waals surface area contributed by atoms with Gasteiger partial charge in [-0.1, -0.05) is 23.7 Å². The Balaban J connectivity index is 2.28. The number of carboxylic acids is 1. The van der Waals surface area contributed by atoms with Crippen molar-refractivity contribution < 1.29 is 14.6 Å². The fourth-order valence-electron chi connectivity index (χ4n) is 2.30. The van der Waals surface area contributed by atoms with E-state index in [1.807, 2.05) is 6.07 Å². The molecule has 0 unspecified atom stereocenters. The van der Waals surface area contributed by atoms with E-state index in [1.165, 1.54) is 7.11 Å². The van der Waals surface area contributed by atoms with E-state index >= 15 is 0 Å². The highest BCUT2D eigenvalue weighted by Gasteiger charge is 2.14. The number of aromatic carboxylic acids is 1. The number of ether oxygens (including phenoxy) is 1. The van der Waals surface area contributed by atoms with Crippen LogP contribution in [0.3, 0.4) is 0 Å². The minimum Gasteiger partial charge on any atom is -0.497 e. The van der Waals surface area contributed by atoms with Gasteiger partial charge in [0.1, 0.15) is 5.75 Å². The summed E-state index contributed by atoms with van der Waals surface area (Å²) in [6, 6.07) is 13.9. The number of fused-ring (bicyclic) bond motifs is 1. The van der Waals surface area contributed by atoms with E-state index < -0.39 is 5.97 Å². The first kappa shape index (κ1) is 14.4. The van der Waals surface area contributed by atoms with Gasteiger partial charge in [-0.25, -0.2) is 9.78 Å². The summed E-state index contributed by atoms with van der Waals surface area (Å²) in [4.78, 5) is 16.1. The lowest BCUT2D eigenvalue weighted by atomic mass is 10.0. The van der Waals surface area contributed by atoms with E-state index in [0.717, 1.165) is 5.56 Å². The summed E-state index contributed by atoms with van der Waals surface area (Å²) in [5, 5.41) is 10.6. The minimum absolute atomic E-state index is 0.180. The van der Waals surface area contributed by atoms with Crippen LogP contribution in [0, 0.1) is 0 Å². The third-order valence-corrected chi connectivity index (χ3v) is 3.60. The molecule has 4 nitrogen and oxygen atoms in total. The summed E-state index contributed by atoms with van der Waals surface area (Å²) in [6.07, 6.45) is 0. The van der Waals surface area contributed by atoms with E-state index in [0.29, 0.717) is 27.4 Å². The fraction of sp³-hybridized carbons (Fsp3) is 0.0588. The van der Waals surface area contributed by atoms with Crippen molar-refractivity contribution in [3.63, 3.8) is 0 Å². The Morgan fingerprint density at radius 2 is 2.00 bits per heavy atom. The number of benzene rings is 2. The van der Waals surface area contributed by atoms with Gasteiger partial charge >= 0.3 is 5.97 Å². The molecule has 22 heavy (non-hydrogen) atoms. The molecule has 0 atom stereocenters. The molecular formula is C17H12ClNO3. The number of carbonyl (C=O) groups is 1. The van der Waals surface area contributed by atoms with Crippen molar-refractivity contribution in [2.24, 2.45) is 0 Å². The molecule has 1 heterocycles. The summed E-state index contributed by atoms with van der Waals surface area (Å²) in [6.45, 7) is 0. The molecule has 0 saturated carbocycles. The molecule has 2 aromatic carbocycles. The maximum absolute atomic E-state index is 11.6. The van der Waals surface area contributed by atoms with Gasteiger partial charge in [-0.15, -0.1) is 0 Å². The normalized spacial score (nSPS) is 10.6. The van der Waals surface area contributed by atoms with Gasteiger partial charge in [0.25, 0.3) is 0 Å². The molecule has 0 spiro atoms. The molecule has 0 radical (unpaired) electrons. The summed E-state index contributed by atoms with van der Waals surface area (Å²) < 4.78 is 5.15. The van der Waals surface area contributed by atoms with Gasteiger partial charge in [0.15, 0.2) is 0 Å². The minimum atomic E-state index is -1.01.